The van der Waals surface area contributed by atoms with Crippen LogP contribution in [0.2, 0.25) is 0 Å². The lowest BCUT2D eigenvalue weighted by Crippen LogP contribution is -2.18. The Bertz CT molecular complexity index is 207. The van der Waals surface area contributed by atoms with Crippen LogP contribution < -0.4 is 0 Å². The summed E-state index contributed by atoms with van der Waals surface area (Å²) in [5, 5.41) is 0. The zero-order chi connectivity index (χ0) is 6.34. The highest BCUT2D eigenvalue weighted by molar-refractivity contribution is 5.20. The topological polar surface area (TPSA) is 12.5 Å². The molecule has 0 aromatic rings. The lowest BCUT2D eigenvalue weighted by molar-refractivity contribution is 0.244. The summed E-state index contributed by atoms with van der Waals surface area (Å²) in [6, 6.07) is 0. The average Bonchev–Trinajstić information content (AvgIpc) is 2.77. The molecule has 0 amide bonds. The average molecular weight is 136 g/mol. The van der Waals surface area contributed by atoms with Gasteiger partial charge in [0.05, 0.1) is 12.2 Å². The summed E-state index contributed by atoms with van der Waals surface area (Å²) in [6.45, 7) is 0. The van der Waals surface area contributed by atoms with Crippen molar-refractivity contribution in [3.63, 3.8) is 0 Å². The van der Waals surface area contributed by atoms with E-state index in [0.29, 0.717) is 0 Å². The maximum absolute atomic E-state index is 5.62. The Morgan fingerprint density at radius 3 is 2.70 bits per heavy atom. The standard InChI is InChI=1S/C9H12O/c1-2-9(1)4-5-3-6(9)8-7(5)10-8/h5-8H,1-4H2. The fourth-order valence-corrected chi connectivity index (χ4v) is 3.64. The molecular formula is C9H12O. The van der Waals surface area contributed by atoms with E-state index in [2.05, 4.69) is 0 Å². The van der Waals surface area contributed by atoms with Crippen molar-refractivity contribution in [1.82, 2.24) is 0 Å². The Hall–Kier alpha value is -0.0400. The van der Waals surface area contributed by atoms with E-state index >= 15 is 0 Å². The minimum Gasteiger partial charge on any atom is -0.369 e. The third kappa shape index (κ3) is 0.334. The molecule has 10 heavy (non-hydrogen) atoms. The summed E-state index contributed by atoms with van der Waals surface area (Å²) < 4.78 is 5.62. The second-order valence-corrected chi connectivity index (χ2v) is 4.73. The van der Waals surface area contributed by atoms with Gasteiger partial charge in [0.15, 0.2) is 0 Å². The lowest BCUT2D eigenvalue weighted by Gasteiger charge is -2.16. The third-order valence-electron chi connectivity index (χ3n) is 4.33. The molecule has 54 valence electrons. The summed E-state index contributed by atoms with van der Waals surface area (Å²) in [5.74, 6) is 2.01. The van der Waals surface area contributed by atoms with Crippen LogP contribution in [-0.4, -0.2) is 12.2 Å². The molecule has 0 aromatic heterocycles. The van der Waals surface area contributed by atoms with Gasteiger partial charge in [0.2, 0.25) is 0 Å². The molecule has 4 aliphatic rings. The van der Waals surface area contributed by atoms with Gasteiger partial charge in [0, 0.05) is 0 Å². The first-order valence-electron chi connectivity index (χ1n) is 4.55. The quantitative estimate of drug-likeness (QED) is 0.460. The zero-order valence-corrected chi connectivity index (χ0v) is 6.05. The van der Waals surface area contributed by atoms with Gasteiger partial charge >= 0.3 is 0 Å². The van der Waals surface area contributed by atoms with Crippen LogP contribution in [0.3, 0.4) is 0 Å². The molecule has 0 N–H and O–H groups in total. The summed E-state index contributed by atoms with van der Waals surface area (Å²) in [6.07, 6.45) is 7.60. The van der Waals surface area contributed by atoms with Crippen molar-refractivity contribution in [3.8, 4) is 0 Å². The molecule has 3 aliphatic carbocycles. The van der Waals surface area contributed by atoms with E-state index in [0.717, 1.165) is 29.5 Å². The second kappa shape index (κ2) is 1.08. The first kappa shape index (κ1) is 4.76. The van der Waals surface area contributed by atoms with Gasteiger partial charge < -0.3 is 4.74 Å². The summed E-state index contributed by atoms with van der Waals surface area (Å²) in [5.41, 5.74) is 0.850. The highest BCUT2D eigenvalue weighted by atomic mass is 16.6. The molecule has 1 aliphatic heterocycles. The number of hydrogen-bond acceptors (Lipinski definition) is 1. The number of ether oxygens (including phenoxy) is 1. The molecule has 1 nitrogen and oxygen atoms in total. The lowest BCUT2D eigenvalue weighted by atomic mass is 9.86. The molecule has 1 spiro atoms. The molecular weight excluding hydrogens is 124 g/mol. The van der Waals surface area contributed by atoms with Gasteiger partial charge in [-0.25, -0.2) is 0 Å². The Labute approximate surface area is 60.7 Å². The van der Waals surface area contributed by atoms with Gasteiger partial charge in [-0.1, -0.05) is 0 Å². The Morgan fingerprint density at radius 1 is 1.20 bits per heavy atom. The van der Waals surface area contributed by atoms with Gasteiger partial charge in [0.25, 0.3) is 0 Å². The van der Waals surface area contributed by atoms with Gasteiger partial charge in [-0.05, 0) is 42.9 Å². The van der Waals surface area contributed by atoms with E-state index in [1.165, 1.54) is 25.7 Å². The monoisotopic (exact) mass is 136 g/mol. The molecule has 4 unspecified atom stereocenters. The van der Waals surface area contributed by atoms with Crippen molar-refractivity contribution in [3.05, 3.63) is 0 Å². The first-order valence-corrected chi connectivity index (χ1v) is 4.55. The van der Waals surface area contributed by atoms with Crippen molar-refractivity contribution in [2.45, 2.75) is 37.9 Å². The molecule has 1 saturated heterocycles. The van der Waals surface area contributed by atoms with Crippen LogP contribution in [0.25, 0.3) is 0 Å². The van der Waals surface area contributed by atoms with E-state index < -0.39 is 0 Å². The van der Waals surface area contributed by atoms with Gasteiger partial charge in [-0.2, -0.15) is 0 Å². The molecule has 4 rings (SSSR count). The Morgan fingerprint density at radius 2 is 2.10 bits per heavy atom. The van der Waals surface area contributed by atoms with Crippen LogP contribution >= 0.6 is 0 Å². The van der Waals surface area contributed by atoms with E-state index in [1.807, 2.05) is 0 Å². The third-order valence-corrected chi connectivity index (χ3v) is 4.33. The largest absolute Gasteiger partial charge is 0.369 e. The second-order valence-electron chi connectivity index (χ2n) is 4.73. The number of fused-ring (bicyclic) bond motifs is 6. The highest BCUT2D eigenvalue weighted by Gasteiger charge is 2.71. The molecule has 2 bridgehead atoms. The summed E-state index contributed by atoms with van der Waals surface area (Å²) >= 11 is 0. The molecule has 1 heterocycles. The predicted molar refractivity (Wildman–Crippen MR) is 36.5 cm³/mol. The fourth-order valence-electron chi connectivity index (χ4n) is 3.64. The Kier molecular flexibility index (Phi) is 0.513. The molecule has 4 atom stereocenters. The summed E-state index contributed by atoms with van der Waals surface area (Å²) in [7, 11) is 0. The van der Waals surface area contributed by atoms with Crippen LogP contribution in [0, 0.1) is 17.3 Å². The minimum atomic E-state index is 0.747. The van der Waals surface area contributed by atoms with Crippen molar-refractivity contribution >= 4 is 0 Å². The zero-order valence-electron chi connectivity index (χ0n) is 6.05. The smallest absolute Gasteiger partial charge is 0.0878 e. The maximum atomic E-state index is 5.62. The van der Waals surface area contributed by atoms with Gasteiger partial charge in [0.1, 0.15) is 0 Å². The maximum Gasteiger partial charge on any atom is 0.0878 e. The van der Waals surface area contributed by atoms with Crippen molar-refractivity contribution < 1.29 is 4.74 Å². The van der Waals surface area contributed by atoms with Crippen LogP contribution in [0.1, 0.15) is 25.7 Å². The fraction of sp³-hybridized carbons (Fsp3) is 1.00. The van der Waals surface area contributed by atoms with Crippen LogP contribution in [0.15, 0.2) is 0 Å². The first-order chi connectivity index (χ1) is 4.89. The van der Waals surface area contributed by atoms with Crippen molar-refractivity contribution in [1.29, 1.82) is 0 Å². The molecule has 1 heteroatoms. The summed E-state index contributed by atoms with van der Waals surface area (Å²) in [4.78, 5) is 0. The van der Waals surface area contributed by atoms with E-state index in [9.17, 15) is 0 Å². The van der Waals surface area contributed by atoms with Crippen molar-refractivity contribution in [2.24, 2.45) is 17.3 Å². The van der Waals surface area contributed by atoms with E-state index in [4.69, 9.17) is 4.74 Å². The number of epoxide rings is 1. The van der Waals surface area contributed by atoms with Crippen LogP contribution in [0.5, 0.6) is 0 Å². The van der Waals surface area contributed by atoms with Gasteiger partial charge in [-0.15, -0.1) is 0 Å². The van der Waals surface area contributed by atoms with Gasteiger partial charge in [-0.3, -0.25) is 0 Å². The molecule has 4 fully saturated rings. The molecule has 3 saturated carbocycles. The van der Waals surface area contributed by atoms with Crippen LogP contribution in [-0.2, 0) is 4.74 Å². The van der Waals surface area contributed by atoms with Crippen LogP contribution in [0.4, 0.5) is 0 Å². The minimum absolute atomic E-state index is 0.747. The SMILES string of the molecule is C1C2CC3(CC3)C1C1OC21. The number of rotatable bonds is 0. The van der Waals surface area contributed by atoms with E-state index in [-0.39, 0.29) is 0 Å². The normalized spacial score (nSPS) is 64.8. The highest BCUT2D eigenvalue weighted by Crippen LogP contribution is 2.73. The Balaban J connectivity index is 1.84. The van der Waals surface area contributed by atoms with Crippen molar-refractivity contribution in [2.75, 3.05) is 0 Å². The molecule has 0 radical (unpaired) electrons. The number of hydrogen-bond donors (Lipinski definition) is 0. The van der Waals surface area contributed by atoms with E-state index in [1.54, 1.807) is 0 Å². The molecule has 0 aromatic carbocycles. The predicted octanol–water partition coefficient (Wildman–Crippen LogP) is 1.57.